The van der Waals surface area contributed by atoms with Gasteiger partial charge < -0.3 is 20.3 Å². The quantitative estimate of drug-likeness (QED) is 0.383. The lowest BCUT2D eigenvalue weighted by atomic mass is 10.1. The van der Waals surface area contributed by atoms with Crippen LogP contribution in [-0.4, -0.2) is 41.9 Å². The van der Waals surface area contributed by atoms with E-state index in [-0.39, 0.29) is 17.2 Å². The number of benzene rings is 2. The molecule has 2 amide bonds. The van der Waals surface area contributed by atoms with Gasteiger partial charge >= 0.3 is 5.97 Å². The number of nitro benzene ring substituents is 1. The molecule has 1 aliphatic heterocycles. The fourth-order valence-electron chi connectivity index (χ4n) is 3.39. The summed E-state index contributed by atoms with van der Waals surface area (Å²) in [6, 6.07) is 10.6. The zero-order valence-electron chi connectivity index (χ0n) is 17.8. The van der Waals surface area contributed by atoms with Crippen molar-refractivity contribution in [3.63, 3.8) is 0 Å². The van der Waals surface area contributed by atoms with Crippen molar-refractivity contribution in [2.45, 2.75) is 32.8 Å². The van der Waals surface area contributed by atoms with E-state index in [2.05, 4.69) is 10.6 Å². The van der Waals surface area contributed by atoms with Gasteiger partial charge in [0.05, 0.1) is 10.5 Å². The van der Waals surface area contributed by atoms with Crippen molar-refractivity contribution in [3.8, 4) is 0 Å². The number of hydrogen-bond donors (Lipinski definition) is 2. The molecular formula is C22H24N4O6. The third-order valence-electron chi connectivity index (χ3n) is 4.98. The molecule has 2 N–H and O–H groups in total. The van der Waals surface area contributed by atoms with Gasteiger partial charge in [-0.3, -0.25) is 19.7 Å². The third kappa shape index (κ3) is 5.60. The topological polar surface area (TPSA) is 131 Å². The van der Waals surface area contributed by atoms with Crippen LogP contribution < -0.4 is 15.5 Å². The van der Waals surface area contributed by atoms with Crippen molar-refractivity contribution < 1.29 is 24.0 Å². The van der Waals surface area contributed by atoms with Crippen LogP contribution in [0.15, 0.2) is 42.5 Å². The first-order valence-electron chi connectivity index (χ1n) is 10.2. The summed E-state index contributed by atoms with van der Waals surface area (Å²) in [7, 11) is 0. The molecule has 1 aliphatic rings. The van der Waals surface area contributed by atoms with Crippen molar-refractivity contribution in [1.29, 1.82) is 0 Å². The highest BCUT2D eigenvalue weighted by atomic mass is 16.6. The van der Waals surface area contributed by atoms with E-state index in [0.717, 1.165) is 25.9 Å². The highest BCUT2D eigenvalue weighted by Crippen LogP contribution is 2.32. The minimum Gasteiger partial charge on any atom is -0.449 e. The van der Waals surface area contributed by atoms with Crippen LogP contribution in [0, 0.1) is 10.1 Å². The van der Waals surface area contributed by atoms with E-state index in [1.807, 2.05) is 4.90 Å². The third-order valence-corrected chi connectivity index (χ3v) is 4.98. The molecule has 0 bridgehead atoms. The van der Waals surface area contributed by atoms with E-state index in [1.165, 1.54) is 26.0 Å². The Labute approximate surface area is 184 Å². The lowest BCUT2D eigenvalue weighted by Gasteiger charge is -2.18. The molecule has 3 rings (SSSR count). The summed E-state index contributed by atoms with van der Waals surface area (Å²) in [6.07, 6.45) is 0.794. The van der Waals surface area contributed by atoms with Crippen LogP contribution >= 0.6 is 0 Å². The molecule has 0 radical (unpaired) electrons. The molecule has 1 unspecified atom stereocenters. The van der Waals surface area contributed by atoms with Crippen LogP contribution in [0.5, 0.6) is 0 Å². The van der Waals surface area contributed by atoms with Crippen molar-refractivity contribution in [1.82, 2.24) is 0 Å². The van der Waals surface area contributed by atoms with Crippen LogP contribution in [0.1, 0.15) is 37.0 Å². The Morgan fingerprint density at radius 1 is 1.03 bits per heavy atom. The van der Waals surface area contributed by atoms with Gasteiger partial charge in [-0.15, -0.1) is 0 Å². The van der Waals surface area contributed by atoms with Gasteiger partial charge in [-0.05, 0) is 56.2 Å². The Bertz CT molecular complexity index is 1030. The molecule has 0 spiro atoms. The molecule has 32 heavy (non-hydrogen) atoms. The van der Waals surface area contributed by atoms with Crippen LogP contribution in [-0.2, 0) is 14.3 Å². The number of esters is 1. The summed E-state index contributed by atoms with van der Waals surface area (Å²) >= 11 is 0. The lowest BCUT2D eigenvalue weighted by Crippen LogP contribution is -2.30. The highest BCUT2D eigenvalue weighted by Gasteiger charge is 2.26. The van der Waals surface area contributed by atoms with Crippen LogP contribution in [0.3, 0.4) is 0 Å². The molecule has 2 aromatic carbocycles. The summed E-state index contributed by atoms with van der Waals surface area (Å²) in [4.78, 5) is 48.8. The molecule has 0 saturated carbocycles. The molecule has 2 aromatic rings. The smallest absolute Gasteiger partial charge is 0.339 e. The fourth-order valence-corrected chi connectivity index (χ4v) is 3.39. The zero-order chi connectivity index (χ0) is 23.3. The van der Waals surface area contributed by atoms with E-state index >= 15 is 0 Å². The molecule has 1 atom stereocenters. The summed E-state index contributed by atoms with van der Waals surface area (Å²) in [5.74, 6) is -1.60. The van der Waals surface area contributed by atoms with Gasteiger partial charge in [-0.1, -0.05) is 0 Å². The minimum atomic E-state index is -1.13. The van der Waals surface area contributed by atoms with Crippen molar-refractivity contribution in [2.75, 3.05) is 28.6 Å². The van der Waals surface area contributed by atoms with Crippen molar-refractivity contribution >= 4 is 40.5 Å². The predicted octanol–water partition coefficient (Wildman–Crippen LogP) is 3.34. The van der Waals surface area contributed by atoms with Crippen LogP contribution in [0.2, 0.25) is 0 Å². The molecular weight excluding hydrogens is 416 g/mol. The molecule has 10 nitrogen and oxygen atoms in total. The number of ether oxygens (including phenoxy) is 1. The molecule has 10 heteroatoms. The van der Waals surface area contributed by atoms with Crippen LogP contribution in [0.4, 0.5) is 22.7 Å². The Hall–Kier alpha value is -3.95. The summed E-state index contributed by atoms with van der Waals surface area (Å²) in [5.41, 5.74) is 1.33. The second kappa shape index (κ2) is 9.90. The maximum atomic E-state index is 12.5. The fraction of sp³-hybridized carbons (Fsp3) is 0.318. The van der Waals surface area contributed by atoms with E-state index in [0.29, 0.717) is 17.1 Å². The molecule has 1 saturated heterocycles. The highest BCUT2D eigenvalue weighted by molar-refractivity contribution is 5.98. The zero-order valence-corrected chi connectivity index (χ0v) is 17.8. The largest absolute Gasteiger partial charge is 0.449 e. The Balaban J connectivity index is 1.64. The first-order valence-corrected chi connectivity index (χ1v) is 10.2. The van der Waals surface area contributed by atoms with Gasteiger partial charge in [0.15, 0.2) is 6.10 Å². The van der Waals surface area contributed by atoms with Gasteiger partial charge in [0.1, 0.15) is 5.69 Å². The SMILES string of the molecule is CC(=O)Nc1ccc(NC(=O)C(C)OC(=O)c2ccc(N3CCCC3)c([N+](=O)[O-])c2)cc1. The van der Waals surface area contributed by atoms with Crippen molar-refractivity contribution in [3.05, 3.63) is 58.1 Å². The molecule has 1 fully saturated rings. The molecule has 0 aromatic heterocycles. The second-order valence-corrected chi connectivity index (χ2v) is 7.45. The molecule has 1 heterocycles. The number of nitro groups is 1. The van der Waals surface area contributed by atoms with Gasteiger partial charge in [0, 0.05) is 37.5 Å². The second-order valence-electron chi connectivity index (χ2n) is 7.45. The predicted molar refractivity (Wildman–Crippen MR) is 119 cm³/mol. The molecule has 0 aliphatic carbocycles. The van der Waals surface area contributed by atoms with E-state index in [9.17, 15) is 24.5 Å². The van der Waals surface area contributed by atoms with Crippen molar-refractivity contribution in [2.24, 2.45) is 0 Å². The Kier molecular flexibility index (Phi) is 7.04. The number of carbonyl (C=O) groups excluding carboxylic acids is 3. The standard InChI is InChI=1S/C22H24N4O6/c1-14(21(28)24-18-8-6-17(7-9-18)23-15(2)27)32-22(29)16-5-10-19(20(13-16)26(30)31)25-11-3-4-12-25/h5-10,13-14H,3-4,11-12H2,1-2H3,(H,23,27)(H,24,28). The number of nitrogens with zero attached hydrogens (tertiary/aromatic N) is 2. The average Bonchev–Trinajstić information content (AvgIpc) is 3.29. The van der Waals surface area contributed by atoms with Gasteiger partial charge in [0.2, 0.25) is 5.91 Å². The number of hydrogen-bond acceptors (Lipinski definition) is 7. The first kappa shape index (κ1) is 22.7. The normalized spacial score (nSPS) is 13.9. The monoisotopic (exact) mass is 440 g/mol. The summed E-state index contributed by atoms with van der Waals surface area (Å²) < 4.78 is 5.20. The average molecular weight is 440 g/mol. The van der Waals surface area contributed by atoms with Gasteiger partial charge in [-0.2, -0.15) is 0 Å². The minimum absolute atomic E-state index is 0.000966. The summed E-state index contributed by atoms with van der Waals surface area (Å²) in [5, 5.41) is 16.7. The molecule has 168 valence electrons. The number of anilines is 3. The van der Waals surface area contributed by atoms with Crippen LogP contribution in [0.25, 0.3) is 0 Å². The maximum Gasteiger partial charge on any atom is 0.339 e. The number of amides is 2. The lowest BCUT2D eigenvalue weighted by molar-refractivity contribution is -0.384. The Morgan fingerprint density at radius 3 is 2.19 bits per heavy atom. The number of rotatable bonds is 7. The number of carbonyl (C=O) groups is 3. The van der Waals surface area contributed by atoms with E-state index < -0.39 is 22.9 Å². The Morgan fingerprint density at radius 2 is 1.62 bits per heavy atom. The maximum absolute atomic E-state index is 12.5. The van der Waals surface area contributed by atoms with E-state index in [4.69, 9.17) is 4.74 Å². The van der Waals surface area contributed by atoms with Gasteiger partial charge in [-0.25, -0.2) is 4.79 Å². The first-order chi connectivity index (χ1) is 15.2. The summed E-state index contributed by atoms with van der Waals surface area (Å²) in [6.45, 7) is 4.26. The van der Waals surface area contributed by atoms with E-state index in [1.54, 1.807) is 30.3 Å². The number of nitrogens with one attached hydrogen (secondary N) is 2. The van der Waals surface area contributed by atoms with Gasteiger partial charge in [0.25, 0.3) is 11.6 Å².